The zero-order chi connectivity index (χ0) is 12.3. The van der Waals surface area contributed by atoms with Gasteiger partial charge in [-0.3, -0.25) is 10.1 Å². The van der Waals surface area contributed by atoms with Crippen LogP contribution < -0.4 is 5.73 Å². The van der Waals surface area contributed by atoms with Crippen LogP contribution in [0.2, 0.25) is 0 Å². The Hall–Kier alpha value is -1.56. The molecule has 0 spiro atoms. The molecule has 0 aromatic heterocycles. The fourth-order valence-electron chi connectivity index (χ4n) is 1.34. The summed E-state index contributed by atoms with van der Waals surface area (Å²) in [5.41, 5.74) is 6.07. The van der Waals surface area contributed by atoms with Crippen molar-refractivity contribution in [2.45, 2.75) is 25.8 Å². The maximum absolute atomic E-state index is 12.2. The molecule has 16 heavy (non-hydrogen) atoms. The Morgan fingerprint density at radius 2 is 2.12 bits per heavy atom. The Kier molecular flexibility index (Phi) is 3.89. The summed E-state index contributed by atoms with van der Waals surface area (Å²) in [5.74, 6) is 0. The highest BCUT2D eigenvalue weighted by atomic mass is 19.3. The second-order valence-corrected chi connectivity index (χ2v) is 3.58. The molecule has 1 atom stereocenters. The topological polar surface area (TPSA) is 69.2 Å². The maximum Gasteiger partial charge on any atom is 0.272 e. The highest BCUT2D eigenvalue weighted by Crippen LogP contribution is 2.20. The van der Waals surface area contributed by atoms with Crippen molar-refractivity contribution >= 4 is 5.69 Å². The van der Waals surface area contributed by atoms with E-state index in [1.54, 1.807) is 13.0 Å². The van der Waals surface area contributed by atoms with Crippen molar-refractivity contribution in [2.24, 2.45) is 5.73 Å². The number of hydrogen-bond donors (Lipinski definition) is 1. The van der Waals surface area contributed by atoms with Gasteiger partial charge in [0.2, 0.25) is 0 Å². The summed E-state index contributed by atoms with van der Waals surface area (Å²) in [7, 11) is 0. The number of rotatable bonds is 4. The number of aryl methyl sites for hydroxylation is 1. The molecule has 1 aromatic carbocycles. The third-order valence-electron chi connectivity index (χ3n) is 2.27. The molecule has 0 heterocycles. The molecule has 88 valence electrons. The minimum atomic E-state index is -2.62. The van der Waals surface area contributed by atoms with Crippen LogP contribution in [0.5, 0.6) is 0 Å². The summed E-state index contributed by atoms with van der Waals surface area (Å²) < 4.78 is 24.4. The number of hydrogen-bond acceptors (Lipinski definition) is 3. The summed E-state index contributed by atoms with van der Waals surface area (Å²) in [4.78, 5) is 10.1. The largest absolute Gasteiger partial charge is 0.323 e. The Morgan fingerprint density at radius 1 is 1.50 bits per heavy atom. The van der Waals surface area contributed by atoms with Gasteiger partial charge in [-0.1, -0.05) is 12.1 Å². The lowest BCUT2D eigenvalue weighted by Crippen LogP contribution is -2.30. The van der Waals surface area contributed by atoms with E-state index in [0.717, 1.165) is 0 Å². The summed E-state index contributed by atoms with van der Waals surface area (Å²) in [6, 6.07) is 3.11. The predicted molar refractivity (Wildman–Crippen MR) is 55.5 cm³/mol. The van der Waals surface area contributed by atoms with E-state index in [-0.39, 0.29) is 12.1 Å². The average Bonchev–Trinajstić information content (AvgIpc) is 2.20. The molecule has 4 nitrogen and oxygen atoms in total. The van der Waals surface area contributed by atoms with Crippen LogP contribution in [-0.2, 0) is 6.42 Å². The van der Waals surface area contributed by atoms with E-state index in [1.165, 1.54) is 12.1 Å². The molecule has 6 heteroatoms. The molecule has 0 fully saturated rings. The average molecular weight is 230 g/mol. The third kappa shape index (κ3) is 2.96. The number of nitrogens with zero attached hydrogens (tertiary/aromatic N) is 1. The highest BCUT2D eigenvalue weighted by Gasteiger charge is 2.18. The second-order valence-electron chi connectivity index (χ2n) is 3.58. The van der Waals surface area contributed by atoms with Crippen LogP contribution in [0.3, 0.4) is 0 Å². The lowest BCUT2D eigenvalue weighted by molar-refractivity contribution is -0.385. The van der Waals surface area contributed by atoms with E-state index in [1.807, 2.05) is 0 Å². The minimum absolute atomic E-state index is 0.0704. The summed E-state index contributed by atoms with van der Waals surface area (Å²) in [6.45, 7) is 1.59. The van der Waals surface area contributed by atoms with Gasteiger partial charge in [0.15, 0.2) is 0 Å². The van der Waals surface area contributed by atoms with Crippen molar-refractivity contribution in [2.75, 3.05) is 0 Å². The van der Waals surface area contributed by atoms with Crippen LogP contribution in [0, 0.1) is 17.0 Å². The number of halogens is 2. The zero-order valence-electron chi connectivity index (χ0n) is 8.69. The van der Waals surface area contributed by atoms with Gasteiger partial charge in [-0.15, -0.1) is 0 Å². The first-order chi connectivity index (χ1) is 7.41. The molecule has 0 aliphatic heterocycles. The predicted octanol–water partition coefficient (Wildman–Crippen LogP) is 2.04. The summed E-state index contributed by atoms with van der Waals surface area (Å²) in [6.07, 6.45) is -2.70. The van der Waals surface area contributed by atoms with Crippen molar-refractivity contribution in [3.05, 3.63) is 39.4 Å². The number of nitro groups is 1. The molecule has 0 saturated heterocycles. The summed E-state index contributed by atoms with van der Waals surface area (Å²) >= 11 is 0. The number of benzene rings is 1. The monoisotopic (exact) mass is 230 g/mol. The van der Waals surface area contributed by atoms with Crippen molar-refractivity contribution in [1.29, 1.82) is 0 Å². The van der Waals surface area contributed by atoms with E-state index in [0.29, 0.717) is 11.1 Å². The van der Waals surface area contributed by atoms with Crippen LogP contribution in [0.25, 0.3) is 0 Å². The maximum atomic E-state index is 12.2. The van der Waals surface area contributed by atoms with Crippen LogP contribution >= 0.6 is 0 Å². The normalized spacial score (nSPS) is 12.8. The third-order valence-corrected chi connectivity index (χ3v) is 2.27. The van der Waals surface area contributed by atoms with E-state index in [2.05, 4.69) is 0 Å². The van der Waals surface area contributed by atoms with Gasteiger partial charge in [-0.25, -0.2) is 8.78 Å². The van der Waals surface area contributed by atoms with Gasteiger partial charge in [-0.2, -0.15) is 0 Å². The van der Waals surface area contributed by atoms with Gasteiger partial charge in [0.05, 0.1) is 11.0 Å². The fourth-order valence-corrected chi connectivity index (χ4v) is 1.34. The van der Waals surface area contributed by atoms with Gasteiger partial charge in [0, 0.05) is 11.6 Å². The quantitative estimate of drug-likeness (QED) is 0.635. The number of nitrogens with two attached hydrogens (primary N) is 1. The number of nitro benzene ring substituents is 1. The van der Waals surface area contributed by atoms with Gasteiger partial charge in [0.25, 0.3) is 12.1 Å². The molecule has 0 amide bonds. The van der Waals surface area contributed by atoms with Gasteiger partial charge in [-0.05, 0) is 18.9 Å². The Balaban J connectivity index is 2.91. The zero-order valence-corrected chi connectivity index (χ0v) is 8.69. The lowest BCUT2D eigenvalue weighted by atomic mass is 10.0. The number of alkyl halides is 2. The van der Waals surface area contributed by atoms with Gasteiger partial charge < -0.3 is 5.73 Å². The molecular weight excluding hydrogens is 218 g/mol. The van der Waals surface area contributed by atoms with Crippen LogP contribution in [0.15, 0.2) is 18.2 Å². The van der Waals surface area contributed by atoms with Crippen molar-refractivity contribution < 1.29 is 13.7 Å². The van der Waals surface area contributed by atoms with E-state index >= 15 is 0 Å². The van der Waals surface area contributed by atoms with E-state index < -0.39 is 17.4 Å². The molecule has 0 aliphatic carbocycles. The molecule has 2 N–H and O–H groups in total. The molecule has 0 aliphatic rings. The molecule has 1 rings (SSSR count). The molecule has 1 unspecified atom stereocenters. The van der Waals surface area contributed by atoms with E-state index in [4.69, 9.17) is 5.73 Å². The summed E-state index contributed by atoms with van der Waals surface area (Å²) in [5, 5.41) is 10.6. The Labute approximate surface area is 91.2 Å². The molecule has 0 radical (unpaired) electrons. The molecular formula is C10H12F2N2O2. The van der Waals surface area contributed by atoms with Crippen molar-refractivity contribution in [1.82, 2.24) is 0 Å². The van der Waals surface area contributed by atoms with Gasteiger partial charge >= 0.3 is 0 Å². The van der Waals surface area contributed by atoms with Gasteiger partial charge in [0.1, 0.15) is 0 Å². The van der Waals surface area contributed by atoms with Crippen molar-refractivity contribution in [3.63, 3.8) is 0 Å². The Morgan fingerprint density at radius 3 is 2.62 bits per heavy atom. The van der Waals surface area contributed by atoms with E-state index in [9.17, 15) is 18.9 Å². The van der Waals surface area contributed by atoms with Crippen molar-refractivity contribution in [3.8, 4) is 0 Å². The van der Waals surface area contributed by atoms with Crippen LogP contribution in [0.4, 0.5) is 14.5 Å². The molecule has 0 saturated carbocycles. The molecule has 0 bridgehead atoms. The lowest BCUT2D eigenvalue weighted by Gasteiger charge is -2.10. The SMILES string of the molecule is Cc1ccc(CC(N)C(F)F)cc1[N+](=O)[O-]. The van der Waals surface area contributed by atoms with Crippen LogP contribution in [-0.4, -0.2) is 17.4 Å². The smallest absolute Gasteiger partial charge is 0.272 e. The first-order valence-electron chi connectivity index (χ1n) is 4.69. The first kappa shape index (κ1) is 12.5. The van der Waals surface area contributed by atoms with Crippen LogP contribution in [0.1, 0.15) is 11.1 Å². The first-order valence-corrected chi connectivity index (χ1v) is 4.69. The molecule has 1 aromatic rings. The highest BCUT2D eigenvalue weighted by molar-refractivity contribution is 5.42. The fraction of sp³-hybridized carbons (Fsp3) is 0.400. The standard InChI is InChI=1S/C10H12F2N2O2/c1-6-2-3-7(4-8(13)10(11)12)5-9(6)14(15)16/h2-3,5,8,10H,4,13H2,1H3. The second kappa shape index (κ2) is 4.98. The minimum Gasteiger partial charge on any atom is -0.323 e. The Bertz CT molecular complexity index is 396.